The summed E-state index contributed by atoms with van der Waals surface area (Å²) in [7, 11) is 0. The summed E-state index contributed by atoms with van der Waals surface area (Å²) < 4.78 is 6.24. The van der Waals surface area contributed by atoms with E-state index in [0.29, 0.717) is 6.61 Å². The molecule has 1 N–H and O–H groups in total. The van der Waals surface area contributed by atoms with E-state index in [-0.39, 0.29) is 0 Å². The van der Waals surface area contributed by atoms with E-state index in [2.05, 4.69) is 50.3 Å². The maximum Gasteiger partial charge on any atom is 0.160 e. The quantitative estimate of drug-likeness (QED) is 0.390. The minimum Gasteiger partial charge on any atom is -0.488 e. The highest BCUT2D eigenvalue weighted by Crippen LogP contribution is 2.31. The second-order valence-corrected chi connectivity index (χ2v) is 8.63. The van der Waals surface area contributed by atoms with Gasteiger partial charge in [0.1, 0.15) is 12.4 Å². The third-order valence-corrected chi connectivity index (χ3v) is 6.31. The number of rotatable bonds is 6. The van der Waals surface area contributed by atoms with Crippen LogP contribution in [0.5, 0.6) is 5.75 Å². The van der Waals surface area contributed by atoms with Gasteiger partial charge in [-0.25, -0.2) is 9.97 Å². The molecule has 0 bridgehead atoms. The molecule has 0 amide bonds. The van der Waals surface area contributed by atoms with Crippen LogP contribution in [0, 0.1) is 0 Å². The Labute approximate surface area is 198 Å². The molecule has 0 fully saturated rings. The van der Waals surface area contributed by atoms with Gasteiger partial charge >= 0.3 is 0 Å². The van der Waals surface area contributed by atoms with Crippen LogP contribution >= 0.6 is 0 Å². The van der Waals surface area contributed by atoms with E-state index < -0.39 is 0 Å². The van der Waals surface area contributed by atoms with Gasteiger partial charge < -0.3 is 9.72 Å². The first-order valence-electron chi connectivity index (χ1n) is 11.6. The van der Waals surface area contributed by atoms with Gasteiger partial charge in [0.05, 0.1) is 5.69 Å². The number of hydrogen-bond acceptors (Lipinski definition) is 5. The Morgan fingerprint density at radius 2 is 1.91 bits per heavy atom. The minimum atomic E-state index is 0.554. The molecule has 0 unspecified atom stereocenters. The van der Waals surface area contributed by atoms with Gasteiger partial charge in [0.15, 0.2) is 5.82 Å². The molecule has 0 saturated carbocycles. The highest BCUT2D eigenvalue weighted by Gasteiger charge is 2.21. The first-order valence-corrected chi connectivity index (χ1v) is 11.6. The van der Waals surface area contributed by atoms with E-state index in [0.717, 1.165) is 65.4 Å². The fourth-order valence-electron chi connectivity index (χ4n) is 4.58. The lowest BCUT2D eigenvalue weighted by atomic mass is 10.1. The average Bonchev–Trinajstić information content (AvgIpc) is 3.31. The summed E-state index contributed by atoms with van der Waals surface area (Å²) in [5.41, 5.74) is 6.79. The van der Waals surface area contributed by atoms with E-state index in [1.54, 1.807) is 6.20 Å². The summed E-state index contributed by atoms with van der Waals surface area (Å²) in [6.07, 6.45) is 8.57. The van der Waals surface area contributed by atoms with Crippen LogP contribution in [-0.4, -0.2) is 31.4 Å². The molecule has 0 spiro atoms. The van der Waals surface area contributed by atoms with Crippen LogP contribution in [0.2, 0.25) is 0 Å². The average molecular weight is 448 g/mol. The smallest absolute Gasteiger partial charge is 0.160 e. The highest BCUT2D eigenvalue weighted by molar-refractivity contribution is 5.89. The number of nitrogens with zero attached hydrogens (tertiary/aromatic N) is 4. The van der Waals surface area contributed by atoms with Crippen molar-refractivity contribution >= 4 is 10.9 Å². The molecule has 6 nitrogen and oxygen atoms in total. The maximum atomic E-state index is 6.24. The largest absolute Gasteiger partial charge is 0.488 e. The molecular formula is C28H25N5O. The van der Waals surface area contributed by atoms with Crippen LogP contribution in [0.1, 0.15) is 22.4 Å². The van der Waals surface area contributed by atoms with Crippen molar-refractivity contribution in [3.8, 4) is 17.1 Å². The summed E-state index contributed by atoms with van der Waals surface area (Å²) in [5.74, 6) is 1.66. The van der Waals surface area contributed by atoms with Crippen LogP contribution < -0.4 is 4.74 Å². The van der Waals surface area contributed by atoms with Crippen molar-refractivity contribution in [3.63, 3.8) is 0 Å². The fourth-order valence-corrected chi connectivity index (χ4v) is 4.58. The third kappa shape index (κ3) is 4.16. The number of benzene rings is 2. The van der Waals surface area contributed by atoms with Crippen molar-refractivity contribution < 1.29 is 4.74 Å². The van der Waals surface area contributed by atoms with Crippen molar-refractivity contribution in [3.05, 3.63) is 108 Å². The molecule has 0 aliphatic carbocycles. The normalized spacial score (nSPS) is 13.6. The Hall–Kier alpha value is -4.03. The molecule has 6 rings (SSSR count). The molecule has 34 heavy (non-hydrogen) atoms. The number of ether oxygens (including phenoxy) is 1. The number of aromatic amines is 1. The van der Waals surface area contributed by atoms with Crippen molar-refractivity contribution in [2.45, 2.75) is 26.1 Å². The Morgan fingerprint density at radius 1 is 0.971 bits per heavy atom. The van der Waals surface area contributed by atoms with Gasteiger partial charge in [-0.3, -0.25) is 9.88 Å². The van der Waals surface area contributed by atoms with Crippen LogP contribution in [0.4, 0.5) is 0 Å². The zero-order chi connectivity index (χ0) is 22.7. The molecule has 1 aliphatic rings. The topological polar surface area (TPSA) is 66.9 Å². The summed E-state index contributed by atoms with van der Waals surface area (Å²) in [5, 5.41) is 1.16. The van der Waals surface area contributed by atoms with E-state index >= 15 is 0 Å². The van der Waals surface area contributed by atoms with Crippen molar-refractivity contribution in [2.75, 3.05) is 6.54 Å². The minimum absolute atomic E-state index is 0.554. The van der Waals surface area contributed by atoms with Crippen molar-refractivity contribution in [2.24, 2.45) is 0 Å². The standard InChI is InChI=1S/C28H25N5O/c1-2-6-20(7-3-1)19-34-26-10-4-9-25-27(26)23(16-30-25)18-33-13-11-24-22(17-33)15-31-28(32-24)21-8-5-12-29-14-21/h1-10,12,14-16,30H,11,13,17-19H2. The number of aromatic nitrogens is 4. The van der Waals surface area contributed by atoms with E-state index in [1.165, 1.54) is 11.1 Å². The highest BCUT2D eigenvalue weighted by atomic mass is 16.5. The lowest BCUT2D eigenvalue weighted by Gasteiger charge is -2.28. The lowest BCUT2D eigenvalue weighted by molar-refractivity contribution is 0.243. The SMILES string of the molecule is c1ccc(COc2cccc3[nH]cc(CN4CCc5nc(-c6cccnc6)ncc5C4)c23)cc1. The molecule has 6 heteroatoms. The second-order valence-electron chi connectivity index (χ2n) is 8.63. The van der Waals surface area contributed by atoms with Gasteiger partial charge in [-0.1, -0.05) is 36.4 Å². The lowest BCUT2D eigenvalue weighted by Crippen LogP contribution is -2.30. The maximum absolute atomic E-state index is 6.24. The number of nitrogens with one attached hydrogen (secondary N) is 1. The first-order chi connectivity index (χ1) is 16.8. The molecule has 168 valence electrons. The van der Waals surface area contributed by atoms with Crippen molar-refractivity contribution in [1.82, 2.24) is 24.8 Å². The fraction of sp³-hybridized carbons (Fsp3) is 0.179. The first kappa shape index (κ1) is 20.6. The van der Waals surface area contributed by atoms with E-state index in [9.17, 15) is 0 Å². The van der Waals surface area contributed by atoms with E-state index in [1.807, 2.05) is 48.8 Å². The van der Waals surface area contributed by atoms with Gasteiger partial charge in [0, 0.05) is 72.9 Å². The molecule has 0 saturated heterocycles. The van der Waals surface area contributed by atoms with Gasteiger partial charge in [-0.15, -0.1) is 0 Å². The summed E-state index contributed by atoms with van der Waals surface area (Å²) in [4.78, 5) is 19.5. The Bertz CT molecular complexity index is 1420. The van der Waals surface area contributed by atoms with Crippen LogP contribution in [0.15, 0.2) is 85.5 Å². The number of pyridine rings is 1. The predicted molar refractivity (Wildman–Crippen MR) is 132 cm³/mol. The Kier molecular flexibility index (Phi) is 5.49. The monoisotopic (exact) mass is 447 g/mol. The molecule has 4 heterocycles. The molecule has 0 radical (unpaired) electrons. The molecule has 5 aromatic rings. The number of H-pyrrole nitrogens is 1. The van der Waals surface area contributed by atoms with Crippen LogP contribution in [0.25, 0.3) is 22.3 Å². The molecular weight excluding hydrogens is 422 g/mol. The molecule has 0 atom stereocenters. The predicted octanol–water partition coefficient (Wildman–Crippen LogP) is 5.16. The number of hydrogen-bond donors (Lipinski definition) is 1. The van der Waals surface area contributed by atoms with Gasteiger partial charge in [0.2, 0.25) is 0 Å². The summed E-state index contributed by atoms with van der Waals surface area (Å²) in [6.45, 7) is 3.19. The zero-order valence-electron chi connectivity index (χ0n) is 18.8. The Balaban J connectivity index is 1.20. The van der Waals surface area contributed by atoms with Gasteiger partial charge in [-0.05, 0) is 35.4 Å². The summed E-state index contributed by atoms with van der Waals surface area (Å²) in [6, 6.07) is 20.4. The molecule has 1 aliphatic heterocycles. The van der Waals surface area contributed by atoms with Gasteiger partial charge in [0.25, 0.3) is 0 Å². The third-order valence-electron chi connectivity index (χ3n) is 6.31. The zero-order valence-corrected chi connectivity index (χ0v) is 18.8. The second kappa shape index (κ2) is 9.08. The van der Waals surface area contributed by atoms with Gasteiger partial charge in [-0.2, -0.15) is 0 Å². The Morgan fingerprint density at radius 3 is 2.79 bits per heavy atom. The summed E-state index contributed by atoms with van der Waals surface area (Å²) >= 11 is 0. The molecule has 2 aromatic carbocycles. The van der Waals surface area contributed by atoms with E-state index in [4.69, 9.17) is 9.72 Å². The van der Waals surface area contributed by atoms with Crippen LogP contribution in [-0.2, 0) is 26.1 Å². The molecule has 3 aromatic heterocycles. The van der Waals surface area contributed by atoms with Crippen molar-refractivity contribution in [1.29, 1.82) is 0 Å². The van der Waals surface area contributed by atoms with Crippen LogP contribution in [0.3, 0.4) is 0 Å². The number of fused-ring (bicyclic) bond motifs is 2.